The summed E-state index contributed by atoms with van der Waals surface area (Å²) in [5.74, 6) is 0.587. The number of ether oxygens (including phenoxy) is 1. The topological polar surface area (TPSA) is 41.6 Å². The molecule has 0 fully saturated rings. The maximum absolute atomic E-state index is 11.9. The van der Waals surface area contributed by atoms with Gasteiger partial charge in [-0.1, -0.05) is 11.6 Å². The Hall–Kier alpha value is -1.26. The number of nitrogens with one attached hydrogen (secondary N) is 1. The van der Waals surface area contributed by atoms with Crippen molar-refractivity contribution in [3.63, 3.8) is 0 Å². The summed E-state index contributed by atoms with van der Waals surface area (Å²) >= 11 is 5.89. The van der Waals surface area contributed by atoms with Gasteiger partial charge in [-0.05, 0) is 64.7 Å². The molecule has 0 spiro atoms. The molecule has 1 amide bonds. The standard InChI is InChI=1S/C15H23ClN2O2/c1-11-10-13(16)6-7-14(11)20-12(2)15(19)17-8-5-9-18(3)4/h6-7,10,12H,5,8-9H2,1-4H3,(H,17,19). The highest BCUT2D eigenvalue weighted by atomic mass is 35.5. The summed E-state index contributed by atoms with van der Waals surface area (Å²) in [6.07, 6.45) is 0.403. The second-order valence-corrected chi connectivity index (χ2v) is 5.55. The highest BCUT2D eigenvalue weighted by Crippen LogP contribution is 2.22. The minimum absolute atomic E-state index is 0.0990. The van der Waals surface area contributed by atoms with Crippen molar-refractivity contribution < 1.29 is 9.53 Å². The SMILES string of the molecule is Cc1cc(Cl)ccc1OC(C)C(=O)NCCCN(C)C. The van der Waals surface area contributed by atoms with E-state index >= 15 is 0 Å². The van der Waals surface area contributed by atoms with Gasteiger partial charge in [0.05, 0.1) is 0 Å². The quantitative estimate of drug-likeness (QED) is 0.786. The van der Waals surface area contributed by atoms with Gasteiger partial charge in [-0.3, -0.25) is 4.79 Å². The molecule has 0 bridgehead atoms. The van der Waals surface area contributed by atoms with E-state index in [0.717, 1.165) is 18.5 Å². The molecule has 0 saturated heterocycles. The lowest BCUT2D eigenvalue weighted by atomic mass is 10.2. The summed E-state index contributed by atoms with van der Waals surface area (Å²) < 4.78 is 5.66. The number of carbonyl (C=O) groups is 1. The number of nitrogens with zero attached hydrogens (tertiary/aromatic N) is 1. The van der Waals surface area contributed by atoms with Crippen molar-refractivity contribution in [1.82, 2.24) is 10.2 Å². The van der Waals surface area contributed by atoms with Gasteiger partial charge in [0.15, 0.2) is 6.10 Å². The van der Waals surface area contributed by atoms with Crippen molar-refractivity contribution in [2.45, 2.75) is 26.4 Å². The Morgan fingerprint density at radius 3 is 2.75 bits per heavy atom. The van der Waals surface area contributed by atoms with Crippen LogP contribution in [0.25, 0.3) is 0 Å². The third kappa shape index (κ3) is 5.80. The minimum Gasteiger partial charge on any atom is -0.481 e. The summed E-state index contributed by atoms with van der Waals surface area (Å²) in [5, 5.41) is 3.53. The Kier molecular flexibility index (Phi) is 6.82. The Labute approximate surface area is 126 Å². The molecule has 0 aliphatic carbocycles. The zero-order chi connectivity index (χ0) is 15.1. The molecule has 112 valence electrons. The fourth-order valence-corrected chi connectivity index (χ4v) is 1.97. The maximum atomic E-state index is 11.9. The lowest BCUT2D eigenvalue weighted by molar-refractivity contribution is -0.127. The molecule has 1 atom stereocenters. The smallest absolute Gasteiger partial charge is 0.260 e. The molecule has 4 nitrogen and oxygen atoms in total. The predicted molar refractivity (Wildman–Crippen MR) is 82.5 cm³/mol. The van der Waals surface area contributed by atoms with E-state index in [2.05, 4.69) is 10.2 Å². The van der Waals surface area contributed by atoms with Gasteiger partial charge in [0.1, 0.15) is 5.75 Å². The molecule has 1 aromatic carbocycles. The first-order valence-corrected chi connectivity index (χ1v) is 7.13. The van der Waals surface area contributed by atoms with Crippen LogP contribution in [0, 0.1) is 6.92 Å². The van der Waals surface area contributed by atoms with E-state index in [0.29, 0.717) is 17.3 Å². The Morgan fingerprint density at radius 2 is 2.15 bits per heavy atom. The van der Waals surface area contributed by atoms with Crippen LogP contribution in [0.1, 0.15) is 18.9 Å². The average Bonchev–Trinajstić information content (AvgIpc) is 2.37. The molecule has 1 aromatic rings. The van der Waals surface area contributed by atoms with Crippen LogP contribution in [0.15, 0.2) is 18.2 Å². The molecule has 1 N–H and O–H groups in total. The van der Waals surface area contributed by atoms with Gasteiger partial charge in [-0.2, -0.15) is 0 Å². The van der Waals surface area contributed by atoms with Gasteiger partial charge in [-0.15, -0.1) is 0 Å². The molecule has 0 aliphatic rings. The van der Waals surface area contributed by atoms with Gasteiger partial charge in [0, 0.05) is 11.6 Å². The molecule has 20 heavy (non-hydrogen) atoms. The Morgan fingerprint density at radius 1 is 1.45 bits per heavy atom. The summed E-state index contributed by atoms with van der Waals surface area (Å²) in [7, 11) is 4.02. The van der Waals surface area contributed by atoms with Crippen LogP contribution in [0.4, 0.5) is 0 Å². The number of carbonyl (C=O) groups excluding carboxylic acids is 1. The third-order valence-corrected chi connectivity index (χ3v) is 3.13. The number of amides is 1. The molecule has 0 aromatic heterocycles. The lowest BCUT2D eigenvalue weighted by Crippen LogP contribution is -2.37. The number of hydrogen-bond acceptors (Lipinski definition) is 3. The van der Waals surface area contributed by atoms with Gasteiger partial charge in [0.2, 0.25) is 0 Å². The first kappa shape index (κ1) is 16.8. The number of benzene rings is 1. The average molecular weight is 299 g/mol. The Bertz CT molecular complexity index is 449. The Balaban J connectivity index is 2.41. The van der Waals surface area contributed by atoms with Crippen molar-refractivity contribution in [3.05, 3.63) is 28.8 Å². The summed E-state index contributed by atoms with van der Waals surface area (Å²) in [6.45, 7) is 5.26. The highest BCUT2D eigenvalue weighted by Gasteiger charge is 2.15. The van der Waals surface area contributed by atoms with Crippen molar-refractivity contribution >= 4 is 17.5 Å². The third-order valence-electron chi connectivity index (χ3n) is 2.89. The van der Waals surface area contributed by atoms with Crippen molar-refractivity contribution in [1.29, 1.82) is 0 Å². The molecule has 0 aliphatic heterocycles. The molecule has 0 heterocycles. The molecule has 1 unspecified atom stereocenters. The van der Waals surface area contributed by atoms with Gasteiger partial charge < -0.3 is 15.0 Å². The predicted octanol–water partition coefficient (Wildman–Crippen LogP) is 2.48. The van der Waals surface area contributed by atoms with E-state index in [1.54, 1.807) is 19.1 Å². The van der Waals surface area contributed by atoms with Crippen LogP contribution >= 0.6 is 11.6 Å². The summed E-state index contributed by atoms with van der Waals surface area (Å²) in [4.78, 5) is 14.0. The number of hydrogen-bond donors (Lipinski definition) is 1. The number of rotatable bonds is 7. The van der Waals surface area contributed by atoms with Crippen LogP contribution in [0.3, 0.4) is 0 Å². The summed E-state index contributed by atoms with van der Waals surface area (Å²) in [6, 6.07) is 5.36. The van der Waals surface area contributed by atoms with Crippen molar-refractivity contribution in [2.75, 3.05) is 27.2 Å². The molecular formula is C15H23ClN2O2. The second kappa shape index (κ2) is 8.12. The van der Waals surface area contributed by atoms with Gasteiger partial charge in [-0.25, -0.2) is 0 Å². The lowest BCUT2D eigenvalue weighted by Gasteiger charge is -2.17. The second-order valence-electron chi connectivity index (χ2n) is 5.12. The normalized spacial score (nSPS) is 12.3. The molecule has 1 rings (SSSR count). The number of aryl methyl sites for hydroxylation is 1. The number of halogens is 1. The highest BCUT2D eigenvalue weighted by molar-refractivity contribution is 6.30. The molecular weight excluding hydrogens is 276 g/mol. The summed E-state index contributed by atoms with van der Waals surface area (Å²) in [5.41, 5.74) is 0.921. The fraction of sp³-hybridized carbons (Fsp3) is 0.533. The zero-order valence-electron chi connectivity index (χ0n) is 12.6. The van der Waals surface area contributed by atoms with Gasteiger partial charge in [0.25, 0.3) is 5.91 Å². The molecule has 5 heteroatoms. The maximum Gasteiger partial charge on any atom is 0.260 e. The van der Waals surface area contributed by atoms with E-state index in [9.17, 15) is 4.79 Å². The van der Waals surface area contributed by atoms with Crippen LogP contribution in [-0.2, 0) is 4.79 Å². The minimum atomic E-state index is -0.519. The van der Waals surface area contributed by atoms with Crippen molar-refractivity contribution in [3.8, 4) is 5.75 Å². The molecule has 0 saturated carbocycles. The largest absolute Gasteiger partial charge is 0.481 e. The van der Waals surface area contributed by atoms with E-state index < -0.39 is 6.10 Å². The van der Waals surface area contributed by atoms with E-state index in [1.165, 1.54) is 0 Å². The van der Waals surface area contributed by atoms with Gasteiger partial charge >= 0.3 is 0 Å². The van der Waals surface area contributed by atoms with Crippen LogP contribution in [-0.4, -0.2) is 44.1 Å². The first-order valence-electron chi connectivity index (χ1n) is 6.75. The van der Waals surface area contributed by atoms with E-state index in [1.807, 2.05) is 27.1 Å². The van der Waals surface area contributed by atoms with E-state index in [-0.39, 0.29) is 5.91 Å². The molecule has 0 radical (unpaired) electrons. The van der Waals surface area contributed by atoms with Crippen LogP contribution in [0.2, 0.25) is 5.02 Å². The van der Waals surface area contributed by atoms with Crippen LogP contribution in [0.5, 0.6) is 5.75 Å². The van der Waals surface area contributed by atoms with E-state index in [4.69, 9.17) is 16.3 Å². The van der Waals surface area contributed by atoms with Crippen LogP contribution < -0.4 is 10.1 Å². The fourth-order valence-electron chi connectivity index (χ4n) is 1.74. The zero-order valence-corrected chi connectivity index (χ0v) is 13.3. The first-order chi connectivity index (χ1) is 9.40. The van der Waals surface area contributed by atoms with Crippen molar-refractivity contribution in [2.24, 2.45) is 0 Å². The monoisotopic (exact) mass is 298 g/mol.